The zero-order valence-electron chi connectivity index (χ0n) is 12.8. The third kappa shape index (κ3) is 3.18. The maximum atomic E-state index is 12.9. The van der Waals surface area contributed by atoms with Gasteiger partial charge >= 0.3 is 12.1 Å². The van der Waals surface area contributed by atoms with Gasteiger partial charge in [-0.05, 0) is 27.7 Å². The van der Waals surface area contributed by atoms with Gasteiger partial charge in [-0.15, -0.1) is 3.89 Å². The third-order valence-corrected chi connectivity index (χ3v) is 3.73. The van der Waals surface area contributed by atoms with Crippen molar-refractivity contribution in [3.8, 4) is 0 Å². The molecule has 0 saturated carbocycles. The summed E-state index contributed by atoms with van der Waals surface area (Å²) in [5.74, 6) is -1.25. The Morgan fingerprint density at radius 2 is 2.09 bits per heavy atom. The van der Waals surface area contributed by atoms with Crippen LogP contribution in [0.1, 0.15) is 49.4 Å². The van der Waals surface area contributed by atoms with Gasteiger partial charge < -0.3 is 14.7 Å². The molecule has 1 N–H and O–H groups in total. The van der Waals surface area contributed by atoms with Crippen LogP contribution in [0.3, 0.4) is 0 Å². The quantitative estimate of drug-likeness (QED) is 0.897. The molecule has 1 aromatic rings. The number of hydrogen-bond donors (Lipinski definition) is 1. The highest BCUT2D eigenvalue weighted by Gasteiger charge is 2.36. The van der Waals surface area contributed by atoms with Gasteiger partial charge in [-0.25, -0.2) is 9.59 Å². The van der Waals surface area contributed by atoms with Gasteiger partial charge in [0.25, 0.3) is 0 Å². The number of ether oxygens (including phenoxy) is 1. The van der Waals surface area contributed by atoms with Crippen molar-refractivity contribution in [3.05, 3.63) is 17.0 Å². The van der Waals surface area contributed by atoms with Crippen molar-refractivity contribution in [3.63, 3.8) is 0 Å². The van der Waals surface area contributed by atoms with Crippen molar-refractivity contribution in [2.45, 2.75) is 52.3 Å². The lowest BCUT2D eigenvalue weighted by molar-refractivity contribution is 0.0135. The van der Waals surface area contributed by atoms with Crippen molar-refractivity contribution >= 4 is 24.4 Å². The van der Waals surface area contributed by atoms with Gasteiger partial charge in [-0.1, -0.05) is 0 Å². The zero-order chi connectivity index (χ0) is 16.7. The Balaban J connectivity index is 2.34. The van der Waals surface area contributed by atoms with E-state index in [0.29, 0.717) is 17.7 Å². The lowest BCUT2D eigenvalue weighted by Gasteiger charge is -2.34. The summed E-state index contributed by atoms with van der Waals surface area (Å²) in [6, 6.07) is -0.244. The molecular weight excluding hydrogens is 313 g/mol. The smallest absolute Gasteiger partial charge is 0.410 e. The van der Waals surface area contributed by atoms with E-state index in [0.717, 1.165) is 4.09 Å². The van der Waals surface area contributed by atoms with Crippen LogP contribution < -0.4 is 0 Å². The molecule has 9 heteroatoms. The first-order chi connectivity index (χ1) is 10.1. The molecule has 122 valence electrons. The zero-order valence-corrected chi connectivity index (χ0v) is 13.6. The number of nitrogens with zero attached hydrogens (tertiary/aromatic N) is 3. The molecular formula is C13H18FN3O4S. The van der Waals surface area contributed by atoms with Crippen LogP contribution in [-0.4, -0.2) is 42.9 Å². The van der Waals surface area contributed by atoms with E-state index < -0.39 is 17.7 Å². The van der Waals surface area contributed by atoms with Gasteiger partial charge in [0.05, 0.1) is 12.2 Å². The monoisotopic (exact) mass is 331 g/mol. The molecule has 1 amide bonds. The molecule has 0 saturated heterocycles. The standard InChI is InChI=1S/C13H18FN3O4S/c1-7-5-9-8(10(11(18)19)15-17(9)22-14)6-16(7)12(20)21-13(2,3)4/h7H,5-6H2,1-4H3,(H,18,19). The van der Waals surface area contributed by atoms with Gasteiger partial charge in [0.15, 0.2) is 18.0 Å². The number of fused-ring (bicyclic) bond motifs is 1. The van der Waals surface area contributed by atoms with E-state index in [4.69, 9.17) is 4.74 Å². The maximum absolute atomic E-state index is 12.9. The van der Waals surface area contributed by atoms with Crippen LogP contribution in [0.2, 0.25) is 0 Å². The summed E-state index contributed by atoms with van der Waals surface area (Å²) in [5.41, 5.74) is -0.0505. The second-order valence-corrected chi connectivity index (χ2v) is 6.67. The van der Waals surface area contributed by atoms with Crippen LogP contribution in [0.25, 0.3) is 0 Å². The average molecular weight is 331 g/mol. The first-order valence-corrected chi connectivity index (χ1v) is 7.44. The fourth-order valence-electron chi connectivity index (χ4n) is 2.34. The van der Waals surface area contributed by atoms with Crippen molar-refractivity contribution in [2.24, 2.45) is 0 Å². The van der Waals surface area contributed by atoms with Crippen LogP contribution in [0.15, 0.2) is 0 Å². The molecule has 0 aliphatic carbocycles. The van der Waals surface area contributed by atoms with Crippen LogP contribution in [0, 0.1) is 0 Å². The second kappa shape index (κ2) is 5.79. The minimum atomic E-state index is -1.25. The summed E-state index contributed by atoms with van der Waals surface area (Å²) >= 11 is -0.149. The fraction of sp³-hybridized carbons (Fsp3) is 0.615. The normalized spacial score (nSPS) is 18.0. The van der Waals surface area contributed by atoms with Crippen LogP contribution >= 0.6 is 12.3 Å². The molecule has 0 fully saturated rings. The number of aromatic nitrogens is 2. The molecule has 2 rings (SSSR count). The fourth-order valence-corrected chi connectivity index (χ4v) is 2.72. The van der Waals surface area contributed by atoms with Crippen molar-refractivity contribution < 1.29 is 23.3 Å². The van der Waals surface area contributed by atoms with Crippen LogP contribution in [-0.2, 0) is 17.7 Å². The molecule has 1 unspecified atom stereocenters. The SMILES string of the molecule is CC1Cc2c(c(C(=O)O)nn2SF)CN1C(=O)OC(C)(C)C. The molecule has 7 nitrogen and oxygen atoms in total. The number of aromatic carboxylic acids is 1. The summed E-state index contributed by atoms with van der Waals surface area (Å²) in [4.78, 5) is 24.9. The van der Waals surface area contributed by atoms with Gasteiger partial charge in [0, 0.05) is 18.0 Å². The Morgan fingerprint density at radius 3 is 2.59 bits per heavy atom. The molecule has 0 aromatic carbocycles. The number of amides is 1. The third-order valence-electron chi connectivity index (χ3n) is 3.30. The van der Waals surface area contributed by atoms with Gasteiger partial charge in [-0.2, -0.15) is 9.19 Å². The number of halogens is 1. The highest BCUT2D eigenvalue weighted by atomic mass is 32.2. The molecule has 1 aliphatic heterocycles. The summed E-state index contributed by atoms with van der Waals surface area (Å²) in [6.45, 7) is 7.10. The van der Waals surface area contributed by atoms with Gasteiger partial charge in [0.2, 0.25) is 0 Å². The highest BCUT2D eigenvalue weighted by molar-refractivity contribution is 7.92. The molecule has 0 radical (unpaired) electrons. The number of carbonyl (C=O) groups excluding carboxylic acids is 1. The predicted octanol–water partition coefficient (Wildman–Crippen LogP) is 2.64. The number of hydrogen-bond acceptors (Lipinski definition) is 5. The van der Waals surface area contributed by atoms with Crippen LogP contribution in [0.5, 0.6) is 0 Å². The van der Waals surface area contributed by atoms with Crippen molar-refractivity contribution in [1.82, 2.24) is 14.1 Å². The van der Waals surface area contributed by atoms with Crippen molar-refractivity contribution in [1.29, 1.82) is 0 Å². The Hall–Kier alpha value is -1.77. The van der Waals surface area contributed by atoms with E-state index in [-0.39, 0.29) is 30.6 Å². The molecule has 0 bridgehead atoms. The van der Waals surface area contributed by atoms with E-state index in [1.54, 1.807) is 27.7 Å². The second-order valence-electron chi connectivity index (χ2n) is 6.18. The van der Waals surface area contributed by atoms with E-state index in [1.807, 2.05) is 0 Å². The Bertz CT molecular complexity index is 611. The Kier molecular flexibility index (Phi) is 4.37. The van der Waals surface area contributed by atoms with E-state index in [9.17, 15) is 18.6 Å². The highest BCUT2D eigenvalue weighted by Crippen LogP contribution is 2.30. The summed E-state index contributed by atoms with van der Waals surface area (Å²) < 4.78 is 19.2. The van der Waals surface area contributed by atoms with Crippen molar-refractivity contribution in [2.75, 3.05) is 0 Å². The number of carbonyl (C=O) groups is 2. The number of rotatable bonds is 2. The maximum Gasteiger partial charge on any atom is 0.410 e. The lowest BCUT2D eigenvalue weighted by atomic mass is 10.00. The average Bonchev–Trinajstić information content (AvgIpc) is 2.73. The molecule has 1 atom stereocenters. The Morgan fingerprint density at radius 1 is 1.45 bits per heavy atom. The minimum Gasteiger partial charge on any atom is -0.476 e. The van der Waals surface area contributed by atoms with Crippen LogP contribution in [0.4, 0.5) is 8.68 Å². The molecule has 22 heavy (non-hydrogen) atoms. The topological polar surface area (TPSA) is 84.7 Å². The van der Waals surface area contributed by atoms with E-state index in [1.165, 1.54) is 4.90 Å². The number of carboxylic acid groups (broad SMARTS) is 1. The predicted molar refractivity (Wildman–Crippen MR) is 78.2 cm³/mol. The summed E-state index contributed by atoms with van der Waals surface area (Å²) in [7, 11) is 0. The van der Waals surface area contributed by atoms with Gasteiger partial charge in [-0.3, -0.25) is 0 Å². The van der Waals surface area contributed by atoms with Gasteiger partial charge in [0.1, 0.15) is 5.60 Å². The summed E-state index contributed by atoms with van der Waals surface area (Å²) in [5, 5.41) is 12.9. The summed E-state index contributed by atoms with van der Waals surface area (Å²) in [6.07, 6.45) is -0.214. The lowest BCUT2D eigenvalue weighted by Crippen LogP contribution is -2.45. The molecule has 1 aromatic heterocycles. The van der Waals surface area contributed by atoms with E-state index in [2.05, 4.69) is 5.10 Å². The Labute approximate surface area is 131 Å². The first kappa shape index (κ1) is 16.6. The number of carboxylic acids is 1. The molecule has 2 heterocycles. The minimum absolute atomic E-state index is 0.0353. The molecule has 0 spiro atoms. The molecule has 1 aliphatic rings. The first-order valence-electron chi connectivity index (χ1n) is 6.76. The van der Waals surface area contributed by atoms with E-state index >= 15 is 0 Å². The largest absolute Gasteiger partial charge is 0.476 e.